The zero-order chi connectivity index (χ0) is 22.1. The number of hydrogen-bond donors (Lipinski definition) is 0. The van der Waals surface area contributed by atoms with E-state index in [0.29, 0.717) is 41.6 Å². The molecule has 0 atom stereocenters. The molecule has 0 aliphatic carbocycles. The van der Waals surface area contributed by atoms with E-state index in [-0.39, 0.29) is 11.8 Å². The molecule has 0 spiro atoms. The molecule has 31 heavy (non-hydrogen) atoms. The molecule has 2 aliphatic heterocycles. The van der Waals surface area contributed by atoms with Gasteiger partial charge in [-0.3, -0.25) is 9.59 Å². The van der Waals surface area contributed by atoms with Gasteiger partial charge in [-0.05, 0) is 62.4 Å². The first-order valence-electron chi connectivity index (χ1n) is 10.8. The lowest BCUT2D eigenvalue weighted by atomic mass is 9.97. The van der Waals surface area contributed by atoms with Crippen molar-refractivity contribution < 1.29 is 18.7 Å². The summed E-state index contributed by atoms with van der Waals surface area (Å²) in [5, 5.41) is 0. The number of benzene rings is 2. The van der Waals surface area contributed by atoms with Crippen molar-refractivity contribution in [3.8, 4) is 5.75 Å². The summed E-state index contributed by atoms with van der Waals surface area (Å²) in [5.74, 6) is -0.306. The summed E-state index contributed by atoms with van der Waals surface area (Å²) >= 11 is 0. The smallest absolute Gasteiger partial charge is 0.282 e. The predicted octanol–water partition coefficient (Wildman–Crippen LogP) is 4.63. The van der Waals surface area contributed by atoms with E-state index in [2.05, 4.69) is 6.92 Å². The van der Waals surface area contributed by atoms with E-state index in [0.717, 1.165) is 17.7 Å². The van der Waals surface area contributed by atoms with E-state index >= 15 is 0 Å². The van der Waals surface area contributed by atoms with Gasteiger partial charge in [0.1, 0.15) is 17.3 Å². The Morgan fingerprint density at radius 3 is 2.23 bits per heavy atom. The third-order valence-electron chi connectivity index (χ3n) is 5.77. The molecule has 1 fully saturated rings. The highest BCUT2D eigenvalue weighted by atomic mass is 19.1. The van der Waals surface area contributed by atoms with Crippen LogP contribution in [0.3, 0.4) is 0 Å². The zero-order valence-electron chi connectivity index (χ0n) is 18.1. The van der Waals surface area contributed by atoms with Gasteiger partial charge in [0.05, 0.1) is 17.4 Å². The predicted molar refractivity (Wildman–Crippen MR) is 118 cm³/mol. The topological polar surface area (TPSA) is 49.9 Å². The number of likely N-dealkylation sites (tertiary alicyclic amines) is 1. The van der Waals surface area contributed by atoms with Crippen LogP contribution in [0, 0.1) is 11.7 Å². The Bertz CT molecular complexity index is 1020. The fourth-order valence-corrected chi connectivity index (χ4v) is 4.13. The van der Waals surface area contributed by atoms with Crippen LogP contribution < -0.4 is 9.64 Å². The average molecular weight is 423 g/mol. The number of carbonyl (C=O) groups is 2. The molecule has 2 aromatic carbocycles. The zero-order valence-corrected chi connectivity index (χ0v) is 18.1. The number of rotatable bonds is 5. The number of hydrogen-bond acceptors (Lipinski definition) is 4. The van der Waals surface area contributed by atoms with Gasteiger partial charge in [-0.25, -0.2) is 9.29 Å². The van der Waals surface area contributed by atoms with E-state index in [1.165, 1.54) is 12.1 Å². The number of amides is 2. The Morgan fingerprint density at radius 1 is 0.968 bits per heavy atom. The van der Waals surface area contributed by atoms with Crippen LogP contribution in [0.4, 0.5) is 10.1 Å². The van der Waals surface area contributed by atoms with Gasteiger partial charge in [0.25, 0.3) is 11.8 Å². The summed E-state index contributed by atoms with van der Waals surface area (Å²) < 4.78 is 20.2. The van der Waals surface area contributed by atoms with Crippen molar-refractivity contribution in [1.82, 2.24) is 4.90 Å². The molecule has 5 nitrogen and oxygen atoms in total. The third-order valence-corrected chi connectivity index (χ3v) is 5.77. The Balaban J connectivity index is 1.77. The van der Waals surface area contributed by atoms with Crippen LogP contribution in [-0.4, -0.2) is 35.9 Å². The first kappa shape index (κ1) is 21.1. The minimum atomic E-state index is -0.599. The molecule has 0 saturated carbocycles. The summed E-state index contributed by atoms with van der Waals surface area (Å²) in [6.07, 6.45) is 1.92. The van der Waals surface area contributed by atoms with Crippen LogP contribution in [0.25, 0.3) is 5.57 Å². The fraction of sp³-hybridized carbons (Fsp3) is 0.360. The Labute approximate surface area is 182 Å². The van der Waals surface area contributed by atoms with Crippen molar-refractivity contribution in [2.45, 2.75) is 39.7 Å². The number of nitrogens with zero attached hydrogens (tertiary/aromatic N) is 2. The first-order chi connectivity index (χ1) is 14.9. The average Bonchev–Trinajstić information content (AvgIpc) is 2.99. The molecule has 4 rings (SSSR count). The second-order valence-electron chi connectivity index (χ2n) is 8.48. The lowest BCUT2D eigenvalue weighted by Crippen LogP contribution is -2.38. The number of para-hydroxylation sites is 1. The third kappa shape index (κ3) is 4.07. The number of anilines is 1. The number of halogens is 1. The van der Waals surface area contributed by atoms with Crippen LogP contribution >= 0.6 is 0 Å². The van der Waals surface area contributed by atoms with Gasteiger partial charge in [-0.2, -0.15) is 0 Å². The van der Waals surface area contributed by atoms with Gasteiger partial charge in [0.2, 0.25) is 0 Å². The lowest BCUT2D eigenvalue weighted by molar-refractivity contribution is -0.120. The summed E-state index contributed by atoms with van der Waals surface area (Å²) in [6.45, 7) is 7.46. The van der Waals surface area contributed by atoms with E-state index in [1.54, 1.807) is 36.4 Å². The summed E-state index contributed by atoms with van der Waals surface area (Å²) in [5.41, 5.74) is 1.29. The number of imide groups is 1. The lowest BCUT2D eigenvalue weighted by Gasteiger charge is -2.32. The van der Waals surface area contributed by atoms with Crippen LogP contribution in [0.1, 0.15) is 39.2 Å². The monoisotopic (exact) mass is 422 g/mol. The minimum Gasteiger partial charge on any atom is -0.491 e. The quantitative estimate of drug-likeness (QED) is 0.660. The van der Waals surface area contributed by atoms with Gasteiger partial charge in [-0.1, -0.05) is 31.2 Å². The standard InChI is InChI=1S/C25H27FN2O3/c1-16(2)31-19-10-8-18(9-11-19)22-23(27-14-12-17(3)13-15-27)25(30)28(24(22)29)21-7-5-4-6-20(21)26/h4-11,16-17H,12-15H2,1-3H3. The molecule has 2 aromatic rings. The van der Waals surface area contributed by atoms with Crippen molar-refractivity contribution in [3.05, 3.63) is 65.6 Å². The molecule has 2 amide bonds. The van der Waals surface area contributed by atoms with Gasteiger partial charge in [0, 0.05) is 13.1 Å². The Morgan fingerprint density at radius 2 is 1.61 bits per heavy atom. The number of ether oxygens (including phenoxy) is 1. The molecule has 2 heterocycles. The largest absolute Gasteiger partial charge is 0.491 e. The van der Waals surface area contributed by atoms with Crippen molar-refractivity contribution >= 4 is 23.1 Å². The van der Waals surface area contributed by atoms with Crippen molar-refractivity contribution in [2.75, 3.05) is 18.0 Å². The summed E-state index contributed by atoms with van der Waals surface area (Å²) in [4.78, 5) is 29.9. The number of piperidine rings is 1. The van der Waals surface area contributed by atoms with Crippen LogP contribution in [0.5, 0.6) is 5.75 Å². The second kappa shape index (κ2) is 8.53. The highest BCUT2D eigenvalue weighted by Gasteiger charge is 2.43. The molecule has 6 heteroatoms. The Hall–Kier alpha value is -3.15. The molecule has 0 unspecified atom stereocenters. The normalized spacial score (nSPS) is 17.8. The first-order valence-corrected chi connectivity index (χ1v) is 10.8. The molecule has 0 radical (unpaired) electrons. The minimum absolute atomic E-state index is 0.0184. The van der Waals surface area contributed by atoms with Crippen molar-refractivity contribution in [1.29, 1.82) is 0 Å². The van der Waals surface area contributed by atoms with Crippen LogP contribution in [-0.2, 0) is 9.59 Å². The van der Waals surface area contributed by atoms with Gasteiger partial charge in [-0.15, -0.1) is 0 Å². The van der Waals surface area contributed by atoms with E-state index in [4.69, 9.17) is 4.74 Å². The highest BCUT2D eigenvalue weighted by molar-refractivity contribution is 6.45. The molecule has 162 valence electrons. The SMILES string of the molecule is CC1CCN(C2=C(c3ccc(OC(C)C)cc3)C(=O)N(c3ccccc3F)C2=O)CC1. The van der Waals surface area contributed by atoms with Gasteiger partial charge in [0.15, 0.2) is 0 Å². The van der Waals surface area contributed by atoms with E-state index in [9.17, 15) is 14.0 Å². The van der Waals surface area contributed by atoms with Crippen LogP contribution in [0.15, 0.2) is 54.2 Å². The molecule has 0 N–H and O–H groups in total. The summed E-state index contributed by atoms with van der Waals surface area (Å²) in [7, 11) is 0. The van der Waals surface area contributed by atoms with Crippen molar-refractivity contribution in [3.63, 3.8) is 0 Å². The van der Waals surface area contributed by atoms with Gasteiger partial charge < -0.3 is 9.64 Å². The molecule has 2 aliphatic rings. The summed E-state index contributed by atoms with van der Waals surface area (Å²) in [6, 6.07) is 13.0. The number of carbonyl (C=O) groups excluding carboxylic acids is 2. The Kier molecular flexibility index (Phi) is 5.81. The van der Waals surface area contributed by atoms with Gasteiger partial charge >= 0.3 is 0 Å². The highest BCUT2D eigenvalue weighted by Crippen LogP contribution is 2.37. The molecule has 0 bridgehead atoms. The molecular formula is C25H27FN2O3. The van der Waals surface area contributed by atoms with E-state index in [1.807, 2.05) is 18.7 Å². The second-order valence-corrected chi connectivity index (χ2v) is 8.48. The van der Waals surface area contributed by atoms with Crippen molar-refractivity contribution in [2.24, 2.45) is 5.92 Å². The molecule has 0 aromatic heterocycles. The maximum Gasteiger partial charge on any atom is 0.282 e. The van der Waals surface area contributed by atoms with E-state index < -0.39 is 17.6 Å². The maximum absolute atomic E-state index is 14.5. The van der Waals surface area contributed by atoms with Crippen LogP contribution in [0.2, 0.25) is 0 Å². The molecular weight excluding hydrogens is 395 g/mol. The molecule has 1 saturated heterocycles. The fourth-order valence-electron chi connectivity index (χ4n) is 4.13. The maximum atomic E-state index is 14.5.